The van der Waals surface area contributed by atoms with E-state index in [0.717, 1.165) is 0 Å². The summed E-state index contributed by atoms with van der Waals surface area (Å²) in [6.07, 6.45) is 1.21. The quantitative estimate of drug-likeness (QED) is 0.384. The Balaban J connectivity index is 3.10. The molecule has 1 rings (SSSR count). The van der Waals surface area contributed by atoms with Gasteiger partial charge in [0.25, 0.3) is 0 Å². The average Bonchev–Trinajstić information content (AvgIpc) is 2.13. The molecule has 0 fully saturated rings. The van der Waals surface area contributed by atoms with Crippen molar-refractivity contribution in [1.82, 2.24) is 9.97 Å². The zero-order valence-electron chi connectivity index (χ0n) is 9.07. The van der Waals surface area contributed by atoms with Crippen LogP contribution < -0.4 is 11.5 Å². The maximum Gasteiger partial charge on any atom is 0.139 e. The second kappa shape index (κ2) is 4.16. The molecule has 0 unspecified atom stereocenters. The third-order valence-electron chi connectivity index (χ3n) is 1.65. The van der Waals surface area contributed by atoms with Gasteiger partial charge in [0.2, 0.25) is 0 Å². The van der Waals surface area contributed by atoms with E-state index in [2.05, 4.69) is 21.8 Å². The predicted molar refractivity (Wildman–Crippen MR) is 61.8 cm³/mol. The van der Waals surface area contributed by atoms with E-state index < -0.39 is 5.60 Å². The van der Waals surface area contributed by atoms with E-state index in [-0.39, 0.29) is 22.9 Å². The van der Waals surface area contributed by atoms with Gasteiger partial charge in [-0.3, -0.25) is 5.41 Å². The Bertz CT molecular complexity index is 458. The van der Waals surface area contributed by atoms with Crippen molar-refractivity contribution in [3.63, 3.8) is 0 Å². The average molecular weight is 219 g/mol. The normalized spacial score (nSPS) is 10.4. The number of anilines is 2. The molecule has 1 aromatic rings. The van der Waals surface area contributed by atoms with E-state index in [1.54, 1.807) is 0 Å². The summed E-state index contributed by atoms with van der Waals surface area (Å²) in [5.74, 6) is 5.15. The minimum Gasteiger partial charge on any atom is -0.383 e. The van der Waals surface area contributed by atoms with Gasteiger partial charge in [0.15, 0.2) is 0 Å². The number of nitrogen functional groups attached to an aromatic ring is 2. The largest absolute Gasteiger partial charge is 0.383 e. The van der Waals surface area contributed by atoms with Crippen LogP contribution in [-0.4, -0.2) is 26.4 Å². The van der Waals surface area contributed by atoms with Crippen molar-refractivity contribution in [3.05, 3.63) is 11.9 Å². The van der Waals surface area contributed by atoms with E-state index in [1.165, 1.54) is 20.2 Å². The van der Waals surface area contributed by atoms with Crippen molar-refractivity contribution in [2.24, 2.45) is 0 Å². The fourth-order valence-electron chi connectivity index (χ4n) is 0.948. The van der Waals surface area contributed by atoms with Crippen molar-refractivity contribution in [2.45, 2.75) is 19.4 Å². The van der Waals surface area contributed by atoms with Gasteiger partial charge in [0.05, 0.1) is 5.56 Å². The summed E-state index contributed by atoms with van der Waals surface area (Å²) in [7, 11) is 0. The molecule has 0 radical (unpaired) electrons. The summed E-state index contributed by atoms with van der Waals surface area (Å²) in [6.45, 7) is 3.03. The van der Waals surface area contributed by atoms with E-state index in [9.17, 15) is 5.11 Å². The Morgan fingerprint density at radius 1 is 1.38 bits per heavy atom. The summed E-state index contributed by atoms with van der Waals surface area (Å²) < 4.78 is 0. The molecule has 0 amide bonds. The first-order chi connectivity index (χ1) is 7.31. The van der Waals surface area contributed by atoms with Crippen LogP contribution in [0.1, 0.15) is 19.4 Å². The molecular formula is C10H13N5O. The van der Waals surface area contributed by atoms with Gasteiger partial charge < -0.3 is 16.6 Å². The molecule has 0 aliphatic heterocycles. The third-order valence-corrected chi connectivity index (χ3v) is 1.65. The lowest BCUT2D eigenvalue weighted by atomic mass is 10.1. The molecular weight excluding hydrogens is 206 g/mol. The Kier molecular flexibility index (Phi) is 3.11. The van der Waals surface area contributed by atoms with Gasteiger partial charge >= 0.3 is 0 Å². The number of nitrogens with one attached hydrogen (secondary N) is 1. The number of rotatable bonds is 1. The highest BCUT2D eigenvalue weighted by Gasteiger charge is 2.12. The summed E-state index contributed by atoms with van der Waals surface area (Å²) in [6, 6.07) is 0. The zero-order chi connectivity index (χ0) is 12.3. The Morgan fingerprint density at radius 3 is 2.31 bits per heavy atom. The molecule has 1 heterocycles. The monoisotopic (exact) mass is 219 g/mol. The molecule has 84 valence electrons. The lowest BCUT2D eigenvalue weighted by molar-refractivity contribution is 0.143. The molecule has 0 spiro atoms. The van der Waals surface area contributed by atoms with Crippen LogP contribution in [-0.2, 0) is 0 Å². The van der Waals surface area contributed by atoms with Gasteiger partial charge in [-0.1, -0.05) is 5.92 Å². The summed E-state index contributed by atoms with van der Waals surface area (Å²) >= 11 is 0. The highest BCUT2D eigenvalue weighted by molar-refractivity contribution is 6.16. The molecule has 0 bridgehead atoms. The van der Waals surface area contributed by atoms with Crippen LogP contribution in [0.25, 0.3) is 0 Å². The number of aromatic nitrogens is 2. The van der Waals surface area contributed by atoms with Gasteiger partial charge in [0, 0.05) is 0 Å². The Morgan fingerprint density at radius 2 is 1.88 bits per heavy atom. The standard InChI is InChI=1S/C10H13N5O/c1-10(2,16)4-3-6(11)7-8(12)14-5-15-9(7)13/h5,11,16H,1-2H3,(H4,12,13,14,15). The third kappa shape index (κ3) is 2.93. The maximum atomic E-state index is 9.39. The number of nitrogens with zero attached hydrogens (tertiary/aromatic N) is 2. The van der Waals surface area contributed by atoms with Gasteiger partial charge in [0.1, 0.15) is 29.3 Å². The van der Waals surface area contributed by atoms with Crippen LogP contribution in [0, 0.1) is 17.3 Å². The molecule has 0 aliphatic rings. The van der Waals surface area contributed by atoms with E-state index in [1.807, 2.05) is 0 Å². The second-order valence-electron chi connectivity index (χ2n) is 3.70. The second-order valence-corrected chi connectivity index (χ2v) is 3.70. The van der Waals surface area contributed by atoms with Crippen molar-refractivity contribution in [2.75, 3.05) is 11.5 Å². The first-order valence-electron chi connectivity index (χ1n) is 4.51. The van der Waals surface area contributed by atoms with Crippen LogP contribution in [0.5, 0.6) is 0 Å². The minimum atomic E-state index is -1.18. The first kappa shape index (κ1) is 11.9. The molecule has 6 nitrogen and oxygen atoms in total. The summed E-state index contributed by atoms with van der Waals surface area (Å²) in [4.78, 5) is 7.44. The molecule has 0 saturated heterocycles. The summed E-state index contributed by atoms with van der Waals surface area (Å²) in [5.41, 5.74) is 10.0. The van der Waals surface area contributed by atoms with Crippen molar-refractivity contribution < 1.29 is 5.11 Å². The molecule has 6 N–H and O–H groups in total. The summed E-state index contributed by atoms with van der Waals surface area (Å²) in [5, 5.41) is 17.1. The predicted octanol–water partition coefficient (Wildman–Crippen LogP) is -0.217. The van der Waals surface area contributed by atoms with Gasteiger partial charge in [-0.05, 0) is 19.8 Å². The van der Waals surface area contributed by atoms with E-state index >= 15 is 0 Å². The topological polar surface area (TPSA) is 122 Å². The Labute approximate surface area is 93.2 Å². The highest BCUT2D eigenvalue weighted by atomic mass is 16.3. The van der Waals surface area contributed by atoms with E-state index in [0.29, 0.717) is 0 Å². The molecule has 16 heavy (non-hydrogen) atoms. The molecule has 0 saturated carbocycles. The first-order valence-corrected chi connectivity index (χ1v) is 4.51. The van der Waals surface area contributed by atoms with Crippen molar-refractivity contribution in [1.29, 1.82) is 5.41 Å². The molecule has 0 atom stereocenters. The minimum absolute atomic E-state index is 0.0996. The molecule has 6 heteroatoms. The number of nitrogens with two attached hydrogens (primary N) is 2. The van der Waals surface area contributed by atoms with Crippen molar-refractivity contribution in [3.8, 4) is 11.8 Å². The number of aliphatic hydroxyl groups is 1. The number of hydrogen-bond donors (Lipinski definition) is 4. The lowest BCUT2D eigenvalue weighted by Gasteiger charge is -2.07. The van der Waals surface area contributed by atoms with Crippen LogP contribution in [0.15, 0.2) is 6.33 Å². The van der Waals surface area contributed by atoms with Crippen LogP contribution in [0.3, 0.4) is 0 Å². The van der Waals surface area contributed by atoms with Crippen LogP contribution in [0.4, 0.5) is 11.6 Å². The fraction of sp³-hybridized carbons (Fsp3) is 0.300. The Hall–Kier alpha value is -2.13. The molecule has 0 aliphatic carbocycles. The van der Waals surface area contributed by atoms with Crippen molar-refractivity contribution >= 4 is 17.3 Å². The van der Waals surface area contributed by atoms with Gasteiger partial charge in [-0.2, -0.15) is 0 Å². The lowest BCUT2D eigenvalue weighted by Crippen LogP contribution is -2.16. The fourth-order valence-corrected chi connectivity index (χ4v) is 0.948. The molecule has 1 aromatic heterocycles. The smallest absolute Gasteiger partial charge is 0.139 e. The maximum absolute atomic E-state index is 9.39. The van der Waals surface area contributed by atoms with E-state index in [4.69, 9.17) is 16.9 Å². The molecule has 0 aromatic carbocycles. The van der Waals surface area contributed by atoms with Gasteiger partial charge in [-0.15, -0.1) is 0 Å². The van der Waals surface area contributed by atoms with Crippen LogP contribution in [0.2, 0.25) is 0 Å². The highest BCUT2D eigenvalue weighted by Crippen LogP contribution is 2.14. The van der Waals surface area contributed by atoms with Gasteiger partial charge in [-0.25, -0.2) is 9.97 Å². The number of hydrogen-bond acceptors (Lipinski definition) is 6. The van der Waals surface area contributed by atoms with Crippen LogP contribution >= 0.6 is 0 Å². The SMILES string of the molecule is CC(C)(O)C#CC(=N)c1c(N)ncnc1N. The zero-order valence-corrected chi connectivity index (χ0v) is 9.07.